The summed E-state index contributed by atoms with van der Waals surface area (Å²) < 4.78 is 6.40. The standard InChI is InChI=1S/C32H36N4O2S/c1-36-24-9-10-25(36)18-27(17-24)38-26-11-6-21(7-12-26)31-28-16-22(8-13-29(28)34-35-31)32(37)33-30(20-4-2-3-5-20)23-14-15-39-19-23/h6-8,11-16,19-20,24-25,27,30H,2-5,9-10,17-18H2,1H3,(H,33,37)(H,34,35). The van der Waals surface area contributed by atoms with E-state index in [2.05, 4.69) is 68.6 Å². The Morgan fingerprint density at radius 2 is 1.82 bits per heavy atom. The molecule has 39 heavy (non-hydrogen) atoms. The second-order valence-corrected chi connectivity index (χ2v) is 12.5. The normalized spacial score (nSPS) is 24.3. The number of rotatable bonds is 7. The highest BCUT2D eigenvalue weighted by molar-refractivity contribution is 7.08. The molecule has 202 valence electrons. The highest BCUT2D eigenvalue weighted by Gasteiger charge is 2.39. The van der Waals surface area contributed by atoms with E-state index in [-0.39, 0.29) is 11.9 Å². The molecule has 2 N–H and O–H groups in total. The van der Waals surface area contributed by atoms with Crippen LogP contribution in [0.1, 0.15) is 73.3 Å². The molecule has 2 aliphatic heterocycles. The van der Waals surface area contributed by atoms with Crippen LogP contribution in [0.15, 0.2) is 59.3 Å². The number of ether oxygens (including phenoxy) is 1. The van der Waals surface area contributed by atoms with Crippen LogP contribution in [-0.4, -0.2) is 46.2 Å². The molecule has 7 heteroatoms. The Labute approximate surface area is 233 Å². The maximum Gasteiger partial charge on any atom is 0.251 e. The zero-order valence-electron chi connectivity index (χ0n) is 22.4. The van der Waals surface area contributed by atoms with E-state index in [1.165, 1.54) is 44.1 Å². The van der Waals surface area contributed by atoms with Crippen LogP contribution < -0.4 is 10.1 Å². The Hall–Kier alpha value is -3.16. The number of piperidine rings is 1. The van der Waals surface area contributed by atoms with Crippen LogP contribution in [0.4, 0.5) is 0 Å². The highest BCUT2D eigenvalue weighted by atomic mass is 32.1. The van der Waals surface area contributed by atoms with Crippen molar-refractivity contribution in [3.05, 3.63) is 70.4 Å². The van der Waals surface area contributed by atoms with Gasteiger partial charge >= 0.3 is 0 Å². The fourth-order valence-corrected chi connectivity index (χ4v) is 7.85. The summed E-state index contributed by atoms with van der Waals surface area (Å²) in [4.78, 5) is 16.0. The van der Waals surface area contributed by atoms with Gasteiger partial charge in [0.1, 0.15) is 11.9 Å². The maximum atomic E-state index is 13.5. The molecule has 3 unspecified atom stereocenters. The van der Waals surface area contributed by atoms with Gasteiger partial charge < -0.3 is 15.0 Å². The topological polar surface area (TPSA) is 70.2 Å². The third kappa shape index (κ3) is 4.87. The van der Waals surface area contributed by atoms with Crippen molar-refractivity contribution in [2.45, 2.75) is 75.6 Å². The van der Waals surface area contributed by atoms with Crippen molar-refractivity contribution in [1.82, 2.24) is 20.4 Å². The van der Waals surface area contributed by atoms with Crippen LogP contribution in [-0.2, 0) is 0 Å². The minimum Gasteiger partial charge on any atom is -0.490 e. The zero-order chi connectivity index (χ0) is 26.3. The SMILES string of the molecule is CN1C2CCC1CC(Oc1ccc(-c3n[nH]c4ccc(C(=O)NC(c5ccsc5)C5CCCC5)cc34)cc1)C2. The molecule has 7 rings (SSSR count). The number of nitrogens with one attached hydrogen (secondary N) is 2. The molecule has 3 atom stereocenters. The van der Waals surface area contributed by atoms with Gasteiger partial charge in [-0.15, -0.1) is 0 Å². The minimum absolute atomic E-state index is 0.0250. The third-order valence-electron chi connectivity index (χ3n) is 9.37. The summed E-state index contributed by atoms with van der Waals surface area (Å²) in [7, 11) is 2.26. The Balaban J connectivity index is 1.08. The number of amides is 1. The summed E-state index contributed by atoms with van der Waals surface area (Å²) in [5, 5.41) is 16.4. The molecule has 2 saturated heterocycles. The van der Waals surface area contributed by atoms with Crippen LogP contribution in [0, 0.1) is 5.92 Å². The molecular formula is C32H36N4O2S. The van der Waals surface area contributed by atoms with Crippen molar-refractivity contribution in [2.75, 3.05) is 7.05 Å². The first-order chi connectivity index (χ1) is 19.1. The Kier molecular flexibility index (Phi) is 6.65. The van der Waals surface area contributed by atoms with E-state index in [1.54, 1.807) is 11.3 Å². The molecule has 2 bridgehead atoms. The lowest BCUT2D eigenvalue weighted by Gasteiger charge is -2.36. The van der Waals surface area contributed by atoms with E-state index < -0.39 is 0 Å². The summed E-state index contributed by atoms with van der Waals surface area (Å²) in [5.41, 5.74) is 4.68. The van der Waals surface area contributed by atoms with Gasteiger partial charge in [-0.05, 0) is 116 Å². The van der Waals surface area contributed by atoms with Gasteiger partial charge in [0, 0.05) is 28.6 Å². The van der Waals surface area contributed by atoms with E-state index in [0.717, 1.165) is 40.8 Å². The van der Waals surface area contributed by atoms with E-state index in [1.807, 2.05) is 18.2 Å². The van der Waals surface area contributed by atoms with Crippen molar-refractivity contribution >= 4 is 28.1 Å². The van der Waals surface area contributed by atoms with Crippen molar-refractivity contribution in [3.63, 3.8) is 0 Å². The van der Waals surface area contributed by atoms with E-state index in [9.17, 15) is 4.79 Å². The summed E-state index contributed by atoms with van der Waals surface area (Å²) in [6.45, 7) is 0. The summed E-state index contributed by atoms with van der Waals surface area (Å²) >= 11 is 1.69. The Morgan fingerprint density at radius 3 is 2.54 bits per heavy atom. The van der Waals surface area contributed by atoms with Crippen LogP contribution in [0.5, 0.6) is 5.75 Å². The van der Waals surface area contributed by atoms with E-state index >= 15 is 0 Å². The molecule has 3 fully saturated rings. The first-order valence-electron chi connectivity index (χ1n) is 14.4. The number of H-pyrrole nitrogens is 1. The molecule has 4 aromatic rings. The lowest BCUT2D eigenvalue weighted by Crippen LogP contribution is -2.43. The maximum absolute atomic E-state index is 13.5. The largest absolute Gasteiger partial charge is 0.490 e. The van der Waals surface area contributed by atoms with Crippen molar-refractivity contribution in [1.29, 1.82) is 0 Å². The van der Waals surface area contributed by atoms with Gasteiger partial charge in [-0.2, -0.15) is 16.4 Å². The minimum atomic E-state index is -0.0250. The van der Waals surface area contributed by atoms with Gasteiger partial charge in [0.15, 0.2) is 0 Å². The number of benzene rings is 2. The number of nitrogens with zero attached hydrogens (tertiary/aromatic N) is 2. The van der Waals surface area contributed by atoms with Crippen molar-refractivity contribution in [2.24, 2.45) is 5.92 Å². The van der Waals surface area contributed by atoms with Gasteiger partial charge in [-0.1, -0.05) is 12.8 Å². The molecule has 1 aliphatic carbocycles. The first kappa shape index (κ1) is 24.9. The smallest absolute Gasteiger partial charge is 0.251 e. The highest BCUT2D eigenvalue weighted by Crippen LogP contribution is 2.38. The number of fused-ring (bicyclic) bond motifs is 3. The molecule has 2 aromatic heterocycles. The molecule has 1 saturated carbocycles. The molecule has 0 radical (unpaired) electrons. The van der Waals surface area contributed by atoms with Gasteiger partial charge in [-0.3, -0.25) is 9.89 Å². The molecule has 3 aliphatic rings. The lowest BCUT2D eigenvalue weighted by molar-refractivity contribution is 0.0662. The number of thiophene rings is 1. The number of hydrogen-bond acceptors (Lipinski definition) is 5. The number of carbonyl (C=O) groups excluding carboxylic acids is 1. The average molecular weight is 541 g/mol. The fraction of sp³-hybridized carbons (Fsp3) is 0.438. The predicted octanol–water partition coefficient (Wildman–Crippen LogP) is 6.96. The van der Waals surface area contributed by atoms with Crippen LogP contribution in [0.3, 0.4) is 0 Å². The van der Waals surface area contributed by atoms with Crippen LogP contribution >= 0.6 is 11.3 Å². The first-order valence-corrected chi connectivity index (χ1v) is 15.4. The average Bonchev–Trinajstić information content (AvgIpc) is 3.76. The van der Waals surface area contributed by atoms with Gasteiger partial charge in [0.05, 0.1) is 17.3 Å². The summed E-state index contributed by atoms with van der Waals surface area (Å²) in [6, 6.07) is 17.6. The van der Waals surface area contributed by atoms with Gasteiger partial charge in [0.25, 0.3) is 5.91 Å². The quantitative estimate of drug-likeness (QED) is 0.266. The van der Waals surface area contributed by atoms with Crippen molar-refractivity contribution < 1.29 is 9.53 Å². The second-order valence-electron chi connectivity index (χ2n) is 11.7. The zero-order valence-corrected chi connectivity index (χ0v) is 23.3. The predicted molar refractivity (Wildman–Crippen MR) is 156 cm³/mol. The van der Waals surface area contributed by atoms with Gasteiger partial charge in [-0.25, -0.2) is 0 Å². The molecule has 6 nitrogen and oxygen atoms in total. The van der Waals surface area contributed by atoms with E-state index in [4.69, 9.17) is 4.74 Å². The molecule has 0 spiro atoms. The molecule has 4 heterocycles. The summed E-state index contributed by atoms with van der Waals surface area (Å²) in [5.74, 6) is 1.39. The molecule has 1 amide bonds. The molecular weight excluding hydrogens is 504 g/mol. The van der Waals surface area contributed by atoms with E-state index in [0.29, 0.717) is 29.7 Å². The van der Waals surface area contributed by atoms with Gasteiger partial charge in [0.2, 0.25) is 0 Å². The Morgan fingerprint density at radius 1 is 1.05 bits per heavy atom. The monoisotopic (exact) mass is 540 g/mol. The number of hydrogen-bond donors (Lipinski definition) is 2. The summed E-state index contributed by atoms with van der Waals surface area (Å²) in [6.07, 6.45) is 9.93. The fourth-order valence-electron chi connectivity index (χ4n) is 7.16. The van der Waals surface area contributed by atoms with Crippen LogP contribution in [0.25, 0.3) is 22.2 Å². The number of aromatic nitrogens is 2. The van der Waals surface area contributed by atoms with Crippen molar-refractivity contribution in [3.8, 4) is 17.0 Å². The Bertz CT molecular complexity index is 1430. The number of carbonyl (C=O) groups is 1. The number of aromatic amines is 1. The lowest BCUT2D eigenvalue weighted by atomic mass is 9.93. The second kappa shape index (κ2) is 10.4. The molecule has 2 aromatic carbocycles. The third-order valence-corrected chi connectivity index (χ3v) is 10.1. The van der Waals surface area contributed by atoms with Crippen LogP contribution in [0.2, 0.25) is 0 Å².